The van der Waals surface area contributed by atoms with Crippen molar-refractivity contribution < 1.29 is 9.47 Å². The van der Waals surface area contributed by atoms with Crippen molar-refractivity contribution in [1.29, 1.82) is 0 Å². The molecule has 0 radical (unpaired) electrons. The molecule has 0 aromatic rings. The summed E-state index contributed by atoms with van der Waals surface area (Å²) in [7, 11) is 0. The molecule has 122 valence electrons. The van der Waals surface area contributed by atoms with Crippen molar-refractivity contribution in [2.24, 2.45) is 5.92 Å². The molecule has 2 aliphatic heterocycles. The Bertz CT molecular complexity index is 314. The summed E-state index contributed by atoms with van der Waals surface area (Å²) in [6.07, 6.45) is 9.27. The Morgan fingerprint density at radius 3 is 2.81 bits per heavy atom. The number of hydrogen-bond donors (Lipinski definition) is 1. The molecule has 1 N–H and O–H groups in total. The summed E-state index contributed by atoms with van der Waals surface area (Å²) in [5, 5.41) is 4.69. The van der Waals surface area contributed by atoms with Crippen LogP contribution in [-0.4, -0.2) is 49.0 Å². The van der Waals surface area contributed by atoms with Crippen LogP contribution in [0.4, 0.5) is 0 Å². The molecule has 3 atom stereocenters. The Labute approximate surface area is 133 Å². The number of nitrogens with one attached hydrogen (secondary N) is 1. The smallest absolute Gasteiger partial charge is 0.0939 e. The second-order valence-electron chi connectivity index (χ2n) is 6.99. The molecule has 3 rings (SSSR count). The normalized spacial score (nSPS) is 35.6. The minimum Gasteiger partial charge on any atom is -0.378 e. The first-order chi connectivity index (χ1) is 10.3. The lowest BCUT2D eigenvalue weighted by Gasteiger charge is -2.40. The highest BCUT2D eigenvalue weighted by Crippen LogP contribution is 2.38. The van der Waals surface area contributed by atoms with Gasteiger partial charge in [-0.05, 0) is 38.1 Å². The van der Waals surface area contributed by atoms with Gasteiger partial charge >= 0.3 is 0 Å². The summed E-state index contributed by atoms with van der Waals surface area (Å²) < 4.78 is 11.7. The van der Waals surface area contributed by atoms with Gasteiger partial charge in [-0.15, -0.1) is 0 Å². The highest BCUT2D eigenvalue weighted by atomic mass is 32.2. The summed E-state index contributed by atoms with van der Waals surface area (Å²) in [6.45, 7) is 5.94. The van der Waals surface area contributed by atoms with Gasteiger partial charge in [-0.1, -0.05) is 19.8 Å². The van der Waals surface area contributed by atoms with E-state index in [-0.39, 0.29) is 5.60 Å². The van der Waals surface area contributed by atoms with E-state index in [0.29, 0.717) is 6.04 Å². The molecule has 4 heteroatoms. The fourth-order valence-electron chi connectivity index (χ4n) is 4.19. The van der Waals surface area contributed by atoms with Crippen LogP contribution in [0.5, 0.6) is 0 Å². The van der Waals surface area contributed by atoms with Gasteiger partial charge in [-0.3, -0.25) is 0 Å². The molecule has 21 heavy (non-hydrogen) atoms. The molecule has 1 spiro atoms. The molecular formula is C17H31NO2S. The van der Waals surface area contributed by atoms with Gasteiger partial charge in [0.2, 0.25) is 0 Å². The van der Waals surface area contributed by atoms with Crippen molar-refractivity contribution in [3.8, 4) is 0 Å². The molecule has 3 unspecified atom stereocenters. The van der Waals surface area contributed by atoms with Crippen molar-refractivity contribution in [1.82, 2.24) is 5.32 Å². The summed E-state index contributed by atoms with van der Waals surface area (Å²) in [5.41, 5.74) is 0.0502. The van der Waals surface area contributed by atoms with Gasteiger partial charge in [-0.2, -0.15) is 11.8 Å². The third kappa shape index (κ3) is 4.15. The van der Waals surface area contributed by atoms with Crippen molar-refractivity contribution in [3.63, 3.8) is 0 Å². The number of hydrogen-bond acceptors (Lipinski definition) is 4. The predicted octanol–water partition coefficient (Wildman–Crippen LogP) is 3.23. The Morgan fingerprint density at radius 1 is 1.24 bits per heavy atom. The second kappa shape index (κ2) is 7.67. The van der Waals surface area contributed by atoms with Crippen LogP contribution < -0.4 is 5.32 Å². The first-order valence-electron chi connectivity index (χ1n) is 8.88. The van der Waals surface area contributed by atoms with Crippen LogP contribution in [0.1, 0.15) is 51.9 Å². The zero-order valence-corrected chi connectivity index (χ0v) is 14.3. The molecule has 2 saturated heterocycles. The highest BCUT2D eigenvalue weighted by Gasteiger charge is 2.42. The lowest BCUT2D eigenvalue weighted by molar-refractivity contribution is -0.102. The lowest BCUT2D eigenvalue weighted by Crippen LogP contribution is -2.48. The molecule has 1 saturated carbocycles. The molecule has 2 heterocycles. The van der Waals surface area contributed by atoms with Crippen molar-refractivity contribution in [2.45, 2.75) is 68.8 Å². The van der Waals surface area contributed by atoms with E-state index in [1.54, 1.807) is 0 Å². The van der Waals surface area contributed by atoms with E-state index in [1.165, 1.54) is 44.3 Å². The monoisotopic (exact) mass is 313 g/mol. The van der Waals surface area contributed by atoms with Crippen LogP contribution >= 0.6 is 11.8 Å². The van der Waals surface area contributed by atoms with E-state index in [0.717, 1.165) is 44.0 Å². The highest BCUT2D eigenvalue weighted by molar-refractivity contribution is 7.99. The van der Waals surface area contributed by atoms with E-state index in [2.05, 4.69) is 24.0 Å². The second-order valence-corrected chi connectivity index (χ2v) is 8.32. The zero-order valence-electron chi connectivity index (χ0n) is 13.4. The maximum Gasteiger partial charge on any atom is 0.0939 e. The average molecular weight is 314 g/mol. The number of thioether (sulfide) groups is 1. The summed E-state index contributed by atoms with van der Waals surface area (Å²) >= 11 is 2.22. The number of rotatable bonds is 6. The van der Waals surface area contributed by atoms with E-state index in [4.69, 9.17) is 9.47 Å². The molecular weight excluding hydrogens is 282 g/mol. The minimum absolute atomic E-state index is 0.0502. The van der Waals surface area contributed by atoms with Crippen LogP contribution in [0.3, 0.4) is 0 Å². The third-order valence-corrected chi connectivity index (χ3v) is 6.94. The molecule has 3 aliphatic rings. The lowest BCUT2D eigenvalue weighted by atomic mass is 9.81. The fourth-order valence-corrected chi connectivity index (χ4v) is 5.73. The Kier molecular flexibility index (Phi) is 5.88. The predicted molar refractivity (Wildman–Crippen MR) is 89.0 cm³/mol. The van der Waals surface area contributed by atoms with Crippen molar-refractivity contribution in [2.75, 3.05) is 32.1 Å². The van der Waals surface area contributed by atoms with Crippen molar-refractivity contribution in [3.05, 3.63) is 0 Å². The van der Waals surface area contributed by atoms with Gasteiger partial charge in [0, 0.05) is 36.7 Å². The molecule has 0 aromatic heterocycles. The van der Waals surface area contributed by atoms with Gasteiger partial charge in [0.05, 0.1) is 12.2 Å². The van der Waals surface area contributed by atoms with Crippen LogP contribution in [0.2, 0.25) is 0 Å². The van der Waals surface area contributed by atoms with Crippen LogP contribution in [0, 0.1) is 5.92 Å². The van der Waals surface area contributed by atoms with E-state index in [9.17, 15) is 0 Å². The molecule has 0 bridgehead atoms. The topological polar surface area (TPSA) is 30.5 Å². The fraction of sp³-hybridized carbons (Fsp3) is 1.00. The Hall–Kier alpha value is 0.230. The SMILES string of the molecule is CCNC(CSC1CCCC1)C1CCOC2(CCOC2)C1. The average Bonchev–Trinajstić information content (AvgIpc) is 3.16. The standard InChI is InChI=1S/C17H31NO2S/c1-2-18-16(12-21-15-5-3-4-6-15)14-7-9-20-17(11-14)8-10-19-13-17/h14-16,18H,2-13H2,1H3. The van der Waals surface area contributed by atoms with Crippen molar-refractivity contribution >= 4 is 11.8 Å². The van der Waals surface area contributed by atoms with E-state index < -0.39 is 0 Å². The van der Waals surface area contributed by atoms with Crippen LogP contribution in [-0.2, 0) is 9.47 Å². The van der Waals surface area contributed by atoms with E-state index in [1.807, 2.05) is 0 Å². The van der Waals surface area contributed by atoms with Gasteiger partial charge in [0.1, 0.15) is 0 Å². The molecule has 0 amide bonds. The maximum atomic E-state index is 6.10. The molecule has 0 aromatic carbocycles. The van der Waals surface area contributed by atoms with Gasteiger partial charge < -0.3 is 14.8 Å². The summed E-state index contributed by atoms with van der Waals surface area (Å²) in [5.74, 6) is 2.04. The summed E-state index contributed by atoms with van der Waals surface area (Å²) in [4.78, 5) is 0. The van der Waals surface area contributed by atoms with Gasteiger partial charge in [0.25, 0.3) is 0 Å². The van der Waals surface area contributed by atoms with E-state index >= 15 is 0 Å². The summed E-state index contributed by atoms with van der Waals surface area (Å²) in [6, 6.07) is 0.655. The Morgan fingerprint density at radius 2 is 2.10 bits per heavy atom. The minimum atomic E-state index is 0.0502. The quantitative estimate of drug-likeness (QED) is 0.815. The van der Waals surface area contributed by atoms with Gasteiger partial charge in [-0.25, -0.2) is 0 Å². The molecule has 1 aliphatic carbocycles. The molecule has 3 nitrogen and oxygen atoms in total. The first kappa shape index (κ1) is 16.1. The zero-order chi connectivity index (χ0) is 14.5. The maximum absolute atomic E-state index is 6.10. The van der Waals surface area contributed by atoms with Crippen LogP contribution in [0.25, 0.3) is 0 Å². The Balaban J connectivity index is 1.54. The number of ether oxygens (including phenoxy) is 2. The first-order valence-corrected chi connectivity index (χ1v) is 9.93. The molecule has 3 fully saturated rings. The largest absolute Gasteiger partial charge is 0.378 e. The third-order valence-electron chi connectivity index (χ3n) is 5.45. The van der Waals surface area contributed by atoms with Crippen LogP contribution in [0.15, 0.2) is 0 Å². The van der Waals surface area contributed by atoms with Gasteiger partial charge in [0.15, 0.2) is 0 Å².